The molecule has 0 aromatic heterocycles. The summed E-state index contributed by atoms with van der Waals surface area (Å²) in [6.07, 6.45) is -2.25. The van der Waals surface area contributed by atoms with Crippen LogP contribution in [0.4, 0.5) is 14.5 Å². The van der Waals surface area contributed by atoms with Crippen molar-refractivity contribution in [1.82, 2.24) is 0 Å². The molecule has 1 aromatic rings. The molecule has 0 amide bonds. The fourth-order valence-corrected chi connectivity index (χ4v) is 3.84. The number of alkyl halides is 2. The average Bonchev–Trinajstić information content (AvgIpc) is 2.96. The number of hydrogen-bond acceptors (Lipinski definition) is 4. The van der Waals surface area contributed by atoms with Gasteiger partial charge >= 0.3 is 6.29 Å². The van der Waals surface area contributed by atoms with E-state index in [0.717, 1.165) is 18.7 Å². The number of nitrogens with one attached hydrogen (secondary N) is 1. The van der Waals surface area contributed by atoms with Crippen molar-refractivity contribution in [3.8, 4) is 11.5 Å². The Hall–Kier alpha value is -1.56. The van der Waals surface area contributed by atoms with Crippen LogP contribution in [0.3, 0.4) is 0 Å². The lowest BCUT2D eigenvalue weighted by Crippen LogP contribution is -2.63. The maximum absolute atomic E-state index is 13.0. The van der Waals surface area contributed by atoms with Crippen molar-refractivity contribution in [2.24, 2.45) is 11.3 Å². The molecule has 0 bridgehead atoms. The molecule has 1 aromatic carbocycles. The van der Waals surface area contributed by atoms with Crippen LogP contribution in [0.5, 0.6) is 11.5 Å². The maximum Gasteiger partial charge on any atom is 0.586 e. The number of rotatable bonds is 2. The first-order valence-corrected chi connectivity index (χ1v) is 7.15. The van der Waals surface area contributed by atoms with E-state index in [2.05, 4.69) is 28.6 Å². The number of ether oxygens (including phenoxy) is 3. The van der Waals surface area contributed by atoms with Crippen molar-refractivity contribution < 1.29 is 23.0 Å². The lowest BCUT2D eigenvalue weighted by atomic mass is 9.57. The number of anilines is 1. The van der Waals surface area contributed by atoms with Gasteiger partial charge in [-0.2, -0.15) is 0 Å². The van der Waals surface area contributed by atoms with Crippen LogP contribution in [0.1, 0.15) is 20.3 Å². The third kappa shape index (κ3) is 1.88. The summed E-state index contributed by atoms with van der Waals surface area (Å²) in [5.74, 6) is 0.619. The van der Waals surface area contributed by atoms with Crippen molar-refractivity contribution >= 4 is 5.69 Å². The third-order valence-electron chi connectivity index (χ3n) is 4.82. The first-order chi connectivity index (χ1) is 9.87. The summed E-state index contributed by atoms with van der Waals surface area (Å²) in [5.41, 5.74) is 0.792. The Kier molecular flexibility index (Phi) is 2.50. The van der Waals surface area contributed by atoms with Gasteiger partial charge in [-0.05, 0) is 18.6 Å². The smallest absolute Gasteiger partial charge is 0.395 e. The summed E-state index contributed by atoms with van der Waals surface area (Å²) in [4.78, 5) is 0. The molecule has 1 N–H and O–H groups in total. The molecule has 4 nitrogen and oxygen atoms in total. The predicted molar refractivity (Wildman–Crippen MR) is 71.7 cm³/mol. The molecule has 2 fully saturated rings. The van der Waals surface area contributed by atoms with Crippen LogP contribution in [-0.4, -0.2) is 25.0 Å². The Bertz CT molecular complexity index is 590. The standard InChI is InChI=1S/C15H17F2NO3/c1-14(2)12(9-5-6-19-13(9)14)18-8-3-4-10-11(7-8)21-15(16,17)20-10/h3-4,7,9,12-13,18H,5-6H2,1-2H3. The quantitative estimate of drug-likeness (QED) is 0.909. The van der Waals surface area contributed by atoms with Gasteiger partial charge in [0.2, 0.25) is 0 Å². The van der Waals surface area contributed by atoms with E-state index >= 15 is 0 Å². The topological polar surface area (TPSA) is 39.7 Å². The monoisotopic (exact) mass is 297 g/mol. The largest absolute Gasteiger partial charge is 0.586 e. The zero-order valence-corrected chi connectivity index (χ0v) is 11.9. The minimum Gasteiger partial charge on any atom is -0.395 e. The molecule has 1 saturated heterocycles. The fraction of sp³-hybridized carbons (Fsp3) is 0.600. The maximum atomic E-state index is 13.0. The van der Waals surface area contributed by atoms with Gasteiger partial charge in [0.1, 0.15) is 0 Å². The predicted octanol–water partition coefficient (Wildman–Crippen LogP) is 3.23. The molecule has 2 aliphatic heterocycles. The first-order valence-electron chi connectivity index (χ1n) is 7.15. The second-order valence-corrected chi connectivity index (χ2v) is 6.52. The van der Waals surface area contributed by atoms with Crippen LogP contribution in [0.2, 0.25) is 0 Å². The number of fused-ring (bicyclic) bond motifs is 2. The minimum atomic E-state index is -3.57. The van der Waals surface area contributed by atoms with Crippen molar-refractivity contribution in [2.75, 3.05) is 11.9 Å². The van der Waals surface area contributed by atoms with Gasteiger partial charge in [0.15, 0.2) is 11.5 Å². The summed E-state index contributed by atoms with van der Waals surface area (Å²) < 4.78 is 40.7. The van der Waals surface area contributed by atoms with E-state index in [0.29, 0.717) is 5.92 Å². The Balaban J connectivity index is 1.54. The van der Waals surface area contributed by atoms with E-state index in [-0.39, 0.29) is 29.1 Å². The Morgan fingerprint density at radius 2 is 1.95 bits per heavy atom. The van der Waals surface area contributed by atoms with Gasteiger partial charge in [-0.3, -0.25) is 0 Å². The second-order valence-electron chi connectivity index (χ2n) is 6.52. The van der Waals surface area contributed by atoms with Crippen LogP contribution in [0.25, 0.3) is 0 Å². The van der Waals surface area contributed by atoms with Gasteiger partial charge in [0.05, 0.1) is 6.10 Å². The van der Waals surface area contributed by atoms with Gasteiger partial charge in [0.25, 0.3) is 0 Å². The molecule has 21 heavy (non-hydrogen) atoms. The second kappa shape index (κ2) is 4.00. The van der Waals surface area contributed by atoms with Gasteiger partial charge in [-0.15, -0.1) is 8.78 Å². The van der Waals surface area contributed by atoms with Crippen LogP contribution in [0.15, 0.2) is 18.2 Å². The van der Waals surface area contributed by atoms with E-state index in [4.69, 9.17) is 4.74 Å². The van der Waals surface area contributed by atoms with E-state index in [9.17, 15) is 8.78 Å². The van der Waals surface area contributed by atoms with Gasteiger partial charge in [0, 0.05) is 35.7 Å². The van der Waals surface area contributed by atoms with Crippen LogP contribution >= 0.6 is 0 Å². The molecule has 6 heteroatoms. The molecule has 114 valence electrons. The Morgan fingerprint density at radius 1 is 1.19 bits per heavy atom. The lowest BCUT2D eigenvalue weighted by molar-refractivity contribution is -0.286. The Labute approximate surface area is 121 Å². The molecule has 3 atom stereocenters. The number of hydrogen-bond donors (Lipinski definition) is 1. The van der Waals surface area contributed by atoms with E-state index in [1.807, 2.05) is 0 Å². The highest BCUT2D eigenvalue weighted by Gasteiger charge is 2.59. The van der Waals surface area contributed by atoms with Crippen molar-refractivity contribution in [3.63, 3.8) is 0 Å². The van der Waals surface area contributed by atoms with Gasteiger partial charge in [-0.1, -0.05) is 13.8 Å². The fourth-order valence-electron chi connectivity index (χ4n) is 3.84. The third-order valence-corrected chi connectivity index (χ3v) is 4.82. The van der Waals surface area contributed by atoms with Crippen molar-refractivity contribution in [2.45, 2.75) is 38.7 Å². The van der Waals surface area contributed by atoms with E-state index in [1.54, 1.807) is 12.1 Å². The molecule has 1 saturated carbocycles. The zero-order chi connectivity index (χ0) is 14.8. The van der Waals surface area contributed by atoms with Crippen LogP contribution in [0, 0.1) is 11.3 Å². The van der Waals surface area contributed by atoms with Gasteiger partial charge in [-0.25, -0.2) is 0 Å². The molecular formula is C15H17F2NO3. The van der Waals surface area contributed by atoms with Gasteiger partial charge < -0.3 is 19.5 Å². The van der Waals surface area contributed by atoms with Crippen LogP contribution < -0.4 is 14.8 Å². The zero-order valence-electron chi connectivity index (χ0n) is 11.9. The van der Waals surface area contributed by atoms with Crippen molar-refractivity contribution in [3.05, 3.63) is 18.2 Å². The summed E-state index contributed by atoms with van der Waals surface area (Å²) >= 11 is 0. The van der Waals surface area contributed by atoms with Crippen molar-refractivity contribution in [1.29, 1.82) is 0 Å². The highest BCUT2D eigenvalue weighted by atomic mass is 19.3. The average molecular weight is 297 g/mol. The summed E-state index contributed by atoms with van der Waals surface area (Å²) in [5, 5.41) is 3.44. The highest BCUT2D eigenvalue weighted by molar-refractivity contribution is 5.57. The molecule has 2 heterocycles. The number of halogens is 2. The molecule has 0 radical (unpaired) electrons. The molecule has 3 unspecified atom stereocenters. The molecule has 0 spiro atoms. The minimum absolute atomic E-state index is 0.0292. The summed E-state index contributed by atoms with van der Waals surface area (Å²) in [7, 11) is 0. The molecular weight excluding hydrogens is 280 g/mol. The normalized spacial score (nSPS) is 34.2. The highest BCUT2D eigenvalue weighted by Crippen LogP contribution is 2.53. The molecule has 1 aliphatic carbocycles. The first kappa shape index (κ1) is 13.1. The summed E-state index contributed by atoms with van der Waals surface area (Å²) in [6, 6.07) is 5.08. The molecule has 3 aliphatic rings. The lowest BCUT2D eigenvalue weighted by Gasteiger charge is -2.55. The van der Waals surface area contributed by atoms with Crippen LogP contribution in [-0.2, 0) is 4.74 Å². The Morgan fingerprint density at radius 3 is 2.76 bits per heavy atom. The number of benzene rings is 1. The van der Waals surface area contributed by atoms with E-state index < -0.39 is 6.29 Å². The molecule has 4 rings (SSSR count). The van der Waals surface area contributed by atoms with E-state index in [1.165, 1.54) is 6.07 Å². The summed E-state index contributed by atoms with van der Waals surface area (Å²) in [6.45, 7) is 5.13. The SMILES string of the molecule is CC1(C)C(Nc2ccc3c(c2)OC(F)(F)O3)C2CCOC21.